The van der Waals surface area contributed by atoms with Gasteiger partial charge in [0.05, 0.1) is 0 Å². The third-order valence-electron chi connectivity index (χ3n) is 3.04. The first-order valence-electron chi connectivity index (χ1n) is 5.91. The smallest absolute Gasteiger partial charge is 0.370 e. The number of Topliss-reactive ketones (excluding diaryl/α,β-unsaturated/α-hetero) is 1. The third-order valence-corrected chi connectivity index (χ3v) is 3.04. The molecule has 0 spiro atoms. The molecule has 0 aliphatic carbocycles. The van der Waals surface area contributed by atoms with Gasteiger partial charge in [-0.25, -0.2) is 0 Å². The maximum Gasteiger partial charge on any atom is 0.389 e. The summed E-state index contributed by atoms with van der Waals surface area (Å²) in [6.45, 7) is 0.845. The second-order valence-electron chi connectivity index (χ2n) is 4.40. The van der Waals surface area contributed by atoms with Crippen LogP contribution in [0.2, 0.25) is 0 Å². The fourth-order valence-corrected chi connectivity index (χ4v) is 2.18. The minimum Gasteiger partial charge on any atom is -0.370 e. The molecule has 0 bridgehead atoms. The van der Waals surface area contributed by atoms with Gasteiger partial charge in [-0.3, -0.25) is 4.79 Å². The van der Waals surface area contributed by atoms with Crippen LogP contribution >= 0.6 is 0 Å². The molecule has 1 aliphatic rings. The lowest BCUT2D eigenvalue weighted by atomic mass is 10.0. The van der Waals surface area contributed by atoms with Gasteiger partial charge < -0.3 is 4.90 Å². The van der Waals surface area contributed by atoms with Crippen molar-refractivity contribution < 1.29 is 18.0 Å². The predicted molar refractivity (Wildman–Crippen MR) is 62.9 cm³/mol. The molecular weight excluding hydrogens is 243 g/mol. The van der Waals surface area contributed by atoms with Crippen LogP contribution in [0.1, 0.15) is 29.6 Å². The normalized spacial score (nSPS) is 15.7. The molecule has 1 heterocycles. The van der Waals surface area contributed by atoms with Crippen molar-refractivity contribution in [3.63, 3.8) is 0 Å². The molecule has 0 amide bonds. The summed E-state index contributed by atoms with van der Waals surface area (Å²) in [5.41, 5.74) is 1.38. The monoisotopic (exact) mass is 257 g/mol. The second kappa shape index (κ2) is 5.00. The summed E-state index contributed by atoms with van der Waals surface area (Å²) in [7, 11) is 0. The van der Waals surface area contributed by atoms with Gasteiger partial charge >= 0.3 is 6.18 Å². The van der Waals surface area contributed by atoms with Gasteiger partial charge in [0.2, 0.25) is 0 Å². The maximum absolute atomic E-state index is 12.1. The van der Waals surface area contributed by atoms with Crippen LogP contribution in [-0.4, -0.2) is 25.0 Å². The largest absolute Gasteiger partial charge is 0.389 e. The molecule has 1 aromatic rings. The summed E-state index contributed by atoms with van der Waals surface area (Å²) in [4.78, 5) is 13.5. The number of anilines is 1. The highest BCUT2D eigenvalue weighted by molar-refractivity contribution is 6.03. The van der Waals surface area contributed by atoms with Crippen LogP contribution in [-0.2, 0) is 0 Å². The Balaban J connectivity index is 2.03. The highest BCUT2D eigenvalue weighted by atomic mass is 19.4. The van der Waals surface area contributed by atoms with Crippen LogP contribution in [0.4, 0.5) is 18.9 Å². The van der Waals surface area contributed by atoms with Crippen molar-refractivity contribution in [1.29, 1.82) is 0 Å². The number of hydrogen-bond acceptors (Lipinski definition) is 2. The Labute approximate surface area is 103 Å². The van der Waals surface area contributed by atoms with Crippen molar-refractivity contribution in [3.8, 4) is 0 Å². The molecule has 2 nitrogen and oxygen atoms in total. The standard InChI is InChI=1S/C13H14F3NO/c14-13(15,16)7-3-8-17-9-6-12(18)10-4-1-2-5-11(10)17/h1-2,4-5H,3,6-9H2. The summed E-state index contributed by atoms with van der Waals surface area (Å²) < 4.78 is 36.3. The molecule has 0 N–H and O–H groups in total. The molecule has 1 aromatic carbocycles. The van der Waals surface area contributed by atoms with E-state index in [4.69, 9.17) is 0 Å². The minimum atomic E-state index is -4.11. The van der Waals surface area contributed by atoms with Crippen molar-refractivity contribution in [2.45, 2.75) is 25.4 Å². The van der Waals surface area contributed by atoms with Crippen LogP contribution in [0.15, 0.2) is 24.3 Å². The van der Waals surface area contributed by atoms with Gasteiger partial charge in [-0.2, -0.15) is 13.2 Å². The number of halogens is 3. The first-order chi connectivity index (χ1) is 8.47. The van der Waals surface area contributed by atoms with Crippen LogP contribution in [0.5, 0.6) is 0 Å². The summed E-state index contributed by atoms with van der Waals surface area (Å²) in [6.07, 6.45) is -4.44. The highest BCUT2D eigenvalue weighted by Gasteiger charge is 2.28. The molecule has 5 heteroatoms. The fourth-order valence-electron chi connectivity index (χ4n) is 2.18. The fraction of sp³-hybridized carbons (Fsp3) is 0.462. The zero-order chi connectivity index (χ0) is 13.2. The lowest BCUT2D eigenvalue weighted by Crippen LogP contribution is -2.33. The zero-order valence-electron chi connectivity index (χ0n) is 9.83. The summed E-state index contributed by atoms with van der Waals surface area (Å²) in [5, 5.41) is 0. The molecule has 0 aromatic heterocycles. The van der Waals surface area contributed by atoms with Crippen LogP contribution < -0.4 is 4.90 Å². The van der Waals surface area contributed by atoms with E-state index in [0.717, 1.165) is 5.69 Å². The SMILES string of the molecule is O=C1CCN(CCCC(F)(F)F)c2ccccc21. The predicted octanol–water partition coefficient (Wildman–Crippen LogP) is 3.42. The summed E-state index contributed by atoms with van der Waals surface area (Å²) >= 11 is 0. The van der Waals surface area contributed by atoms with E-state index in [0.29, 0.717) is 25.1 Å². The Bertz CT molecular complexity index is 442. The number of carbonyl (C=O) groups is 1. The number of hydrogen-bond donors (Lipinski definition) is 0. The van der Waals surface area contributed by atoms with Gasteiger partial charge in [0.25, 0.3) is 0 Å². The minimum absolute atomic E-state index is 0.0615. The molecule has 0 radical (unpaired) electrons. The molecule has 0 saturated heterocycles. The molecule has 98 valence electrons. The second-order valence-corrected chi connectivity index (χ2v) is 4.40. The van der Waals surface area contributed by atoms with E-state index in [9.17, 15) is 18.0 Å². The number of rotatable bonds is 3. The number of nitrogens with zero attached hydrogens (tertiary/aromatic N) is 1. The van der Waals surface area contributed by atoms with E-state index >= 15 is 0 Å². The van der Waals surface area contributed by atoms with E-state index in [2.05, 4.69) is 0 Å². The first kappa shape index (κ1) is 12.9. The lowest BCUT2D eigenvalue weighted by molar-refractivity contribution is -0.135. The molecule has 0 unspecified atom stereocenters. The third kappa shape index (κ3) is 3.03. The Morgan fingerprint density at radius 1 is 1.22 bits per heavy atom. The van der Waals surface area contributed by atoms with Crippen LogP contribution in [0.25, 0.3) is 0 Å². The average molecular weight is 257 g/mol. The molecule has 0 atom stereocenters. The Hall–Kier alpha value is -1.52. The molecule has 2 rings (SSSR count). The number of ketones is 1. The average Bonchev–Trinajstić information content (AvgIpc) is 2.31. The van der Waals surface area contributed by atoms with E-state index in [1.165, 1.54) is 0 Å². The Kier molecular flexibility index (Phi) is 3.59. The zero-order valence-corrected chi connectivity index (χ0v) is 9.83. The van der Waals surface area contributed by atoms with Crippen molar-refractivity contribution in [2.24, 2.45) is 0 Å². The van der Waals surface area contributed by atoms with Crippen LogP contribution in [0.3, 0.4) is 0 Å². The number of carbonyl (C=O) groups excluding carboxylic acids is 1. The quantitative estimate of drug-likeness (QED) is 0.827. The number of benzene rings is 1. The number of alkyl halides is 3. The topological polar surface area (TPSA) is 20.3 Å². The van der Waals surface area contributed by atoms with Gasteiger partial charge in [0, 0.05) is 37.2 Å². The highest BCUT2D eigenvalue weighted by Crippen LogP contribution is 2.28. The molecule has 18 heavy (non-hydrogen) atoms. The van der Waals surface area contributed by atoms with Crippen molar-refractivity contribution in [3.05, 3.63) is 29.8 Å². The van der Waals surface area contributed by atoms with Gasteiger partial charge in [0.1, 0.15) is 0 Å². The van der Waals surface area contributed by atoms with E-state index in [1.54, 1.807) is 24.3 Å². The van der Waals surface area contributed by atoms with Crippen molar-refractivity contribution >= 4 is 11.5 Å². The first-order valence-corrected chi connectivity index (χ1v) is 5.91. The van der Waals surface area contributed by atoms with E-state index in [1.807, 2.05) is 4.90 Å². The Morgan fingerprint density at radius 2 is 1.94 bits per heavy atom. The Morgan fingerprint density at radius 3 is 2.67 bits per heavy atom. The molecule has 1 aliphatic heterocycles. The van der Waals surface area contributed by atoms with E-state index in [-0.39, 0.29) is 12.2 Å². The van der Waals surface area contributed by atoms with Crippen LogP contribution in [0, 0.1) is 0 Å². The lowest BCUT2D eigenvalue weighted by Gasteiger charge is -2.30. The molecule has 0 fully saturated rings. The summed E-state index contributed by atoms with van der Waals surface area (Å²) in [5.74, 6) is 0.0673. The summed E-state index contributed by atoms with van der Waals surface area (Å²) in [6, 6.07) is 7.09. The molecule has 0 saturated carbocycles. The van der Waals surface area contributed by atoms with Gasteiger partial charge in [0.15, 0.2) is 5.78 Å². The van der Waals surface area contributed by atoms with Gasteiger partial charge in [-0.05, 0) is 18.6 Å². The van der Waals surface area contributed by atoms with Crippen molar-refractivity contribution in [2.75, 3.05) is 18.0 Å². The van der Waals surface area contributed by atoms with E-state index < -0.39 is 12.6 Å². The molecular formula is C13H14F3NO. The maximum atomic E-state index is 12.1. The number of fused-ring (bicyclic) bond motifs is 1. The van der Waals surface area contributed by atoms with Gasteiger partial charge in [-0.1, -0.05) is 12.1 Å². The number of para-hydroxylation sites is 1. The van der Waals surface area contributed by atoms with Gasteiger partial charge in [-0.15, -0.1) is 0 Å². The van der Waals surface area contributed by atoms with Crippen molar-refractivity contribution in [1.82, 2.24) is 0 Å².